The fourth-order valence-electron chi connectivity index (χ4n) is 11.2. The third-order valence-electron chi connectivity index (χ3n) is 15.8. The SMILES string of the molecule is C=CCN1CCC(=C(c2ccccc2)c2ccc(C(C)=O)cc2)CC1.CC(=O)c1ccc(C(=C2CCN(CC=C(C)C)CC2)c2ccccc2)cc1.CC(=O)c1ccc(C(=C2CCN(Cc3ccccc3)CC2)c2ccc(Cl)cc2)cc1. The highest BCUT2D eigenvalue weighted by Gasteiger charge is 2.22. The number of piperidine rings is 3. The maximum Gasteiger partial charge on any atom is 0.159 e. The molecule has 3 saturated heterocycles. The van der Waals surface area contributed by atoms with E-state index in [1.165, 1.54) is 72.4 Å². The molecule has 7 heteroatoms. The lowest BCUT2D eigenvalue weighted by molar-refractivity contribution is 0.100. The molecule has 0 radical (unpaired) electrons. The van der Waals surface area contributed by atoms with E-state index < -0.39 is 0 Å². The Morgan fingerprint density at radius 1 is 0.378 bits per heavy atom. The van der Waals surface area contributed by atoms with Crippen molar-refractivity contribution < 1.29 is 14.4 Å². The van der Waals surface area contributed by atoms with Crippen LogP contribution in [0, 0.1) is 0 Å². The predicted octanol–water partition coefficient (Wildman–Crippen LogP) is 17.4. The van der Waals surface area contributed by atoms with Crippen molar-refractivity contribution >= 4 is 45.7 Å². The standard InChI is InChI=1S/C27H26ClNO.C25H29NO.C23H25NO/c1-20(30)22-7-9-23(10-8-22)27(24-11-13-26(28)14-12-24)25-15-17-29(18-16-25)19-21-5-3-2-4-6-21;1-19(2)13-16-26-17-14-24(15-18-26)25(22-7-5-4-6-8-22)23-11-9-21(10-12-23)20(3)27;1-3-15-24-16-13-22(14-17-24)23(20-7-5-4-6-8-20)21-11-9-19(10-12-21)18(2)25/h2-14H,15-19H2,1H3;4-13H,14-18H2,1-3H3;3-12H,1,13-17H2,2H3. The number of nitrogens with zero attached hydrogens (tertiary/aromatic N) is 3. The number of halogens is 1. The van der Waals surface area contributed by atoms with E-state index in [0.29, 0.717) is 0 Å². The van der Waals surface area contributed by atoms with E-state index in [-0.39, 0.29) is 17.3 Å². The van der Waals surface area contributed by atoms with E-state index in [1.807, 2.05) is 54.6 Å². The molecule has 0 atom stereocenters. The molecule has 0 saturated carbocycles. The fraction of sp³-hybridized carbons (Fsp3) is 0.267. The molecule has 7 aromatic carbocycles. The summed E-state index contributed by atoms with van der Waals surface area (Å²) in [5, 5.41) is 0.743. The topological polar surface area (TPSA) is 60.9 Å². The van der Waals surface area contributed by atoms with Gasteiger partial charge in [-0.3, -0.25) is 29.1 Å². The molecule has 3 aliphatic heterocycles. The van der Waals surface area contributed by atoms with Crippen molar-refractivity contribution in [3.8, 4) is 0 Å². The maximum absolute atomic E-state index is 11.7. The Bertz CT molecular complexity index is 3340. The highest BCUT2D eigenvalue weighted by molar-refractivity contribution is 6.30. The highest BCUT2D eigenvalue weighted by Crippen LogP contribution is 2.36. The van der Waals surface area contributed by atoms with Crippen LogP contribution < -0.4 is 0 Å². The van der Waals surface area contributed by atoms with Gasteiger partial charge in [0.15, 0.2) is 17.3 Å². The lowest BCUT2D eigenvalue weighted by atomic mass is 9.88. The van der Waals surface area contributed by atoms with Crippen LogP contribution in [0.15, 0.2) is 229 Å². The number of ketones is 3. The minimum Gasteiger partial charge on any atom is -0.299 e. The molecule has 0 N–H and O–H groups in total. The summed E-state index contributed by atoms with van der Waals surface area (Å²) < 4.78 is 0. The van der Waals surface area contributed by atoms with E-state index in [1.54, 1.807) is 20.8 Å². The number of carbonyl (C=O) groups is 3. The number of benzene rings is 7. The molecular weight excluding hydrogens is 1030 g/mol. The minimum atomic E-state index is 0.0940. The van der Waals surface area contributed by atoms with Gasteiger partial charge < -0.3 is 0 Å². The van der Waals surface area contributed by atoms with Crippen LogP contribution in [0.1, 0.15) is 143 Å². The molecule has 0 aliphatic carbocycles. The van der Waals surface area contributed by atoms with Gasteiger partial charge in [0, 0.05) is 80.6 Å². The van der Waals surface area contributed by atoms with Gasteiger partial charge in [-0.1, -0.05) is 222 Å². The molecule has 420 valence electrons. The molecule has 6 nitrogen and oxygen atoms in total. The Morgan fingerprint density at radius 3 is 0.976 bits per heavy atom. The van der Waals surface area contributed by atoms with E-state index in [4.69, 9.17) is 11.6 Å². The first-order chi connectivity index (χ1) is 39.8. The van der Waals surface area contributed by atoms with E-state index in [0.717, 1.165) is 125 Å². The summed E-state index contributed by atoms with van der Waals surface area (Å²) in [5.41, 5.74) is 20.7. The normalized spacial score (nSPS) is 14.7. The van der Waals surface area contributed by atoms with Crippen LogP contribution >= 0.6 is 11.6 Å². The summed E-state index contributed by atoms with van der Waals surface area (Å²) >= 11 is 6.14. The number of likely N-dealkylation sites (tertiary alicyclic amines) is 3. The van der Waals surface area contributed by atoms with Crippen LogP contribution in [0.3, 0.4) is 0 Å². The molecule has 0 unspecified atom stereocenters. The molecule has 0 amide bonds. The Balaban J connectivity index is 0.000000162. The van der Waals surface area contributed by atoms with Crippen molar-refractivity contribution in [2.24, 2.45) is 0 Å². The smallest absolute Gasteiger partial charge is 0.159 e. The Labute approximate surface area is 493 Å². The van der Waals surface area contributed by atoms with E-state index in [9.17, 15) is 14.4 Å². The Kier molecular flexibility index (Phi) is 22.5. The molecule has 7 aromatic rings. The van der Waals surface area contributed by atoms with Crippen molar-refractivity contribution in [1.82, 2.24) is 14.7 Å². The first-order valence-corrected chi connectivity index (χ1v) is 29.5. The monoisotopic (exact) mass is 1110 g/mol. The van der Waals surface area contributed by atoms with Crippen molar-refractivity contribution in [2.45, 2.75) is 79.7 Å². The van der Waals surface area contributed by atoms with Crippen molar-refractivity contribution in [1.29, 1.82) is 0 Å². The fourth-order valence-corrected chi connectivity index (χ4v) is 11.4. The largest absolute Gasteiger partial charge is 0.299 e. The maximum atomic E-state index is 11.7. The van der Waals surface area contributed by atoms with Gasteiger partial charge in [-0.25, -0.2) is 0 Å². The Hall–Kier alpha value is -7.58. The van der Waals surface area contributed by atoms with Crippen molar-refractivity contribution in [3.05, 3.63) is 290 Å². The molecule has 3 heterocycles. The molecule has 10 rings (SSSR count). The minimum absolute atomic E-state index is 0.0940. The zero-order chi connectivity index (χ0) is 57.8. The average Bonchev–Trinajstić information content (AvgIpc) is 3.71. The van der Waals surface area contributed by atoms with Crippen molar-refractivity contribution in [3.63, 3.8) is 0 Å². The Morgan fingerprint density at radius 2 is 0.659 bits per heavy atom. The second-order valence-electron chi connectivity index (χ2n) is 22.0. The lowest BCUT2D eigenvalue weighted by Crippen LogP contribution is -2.31. The second-order valence-corrected chi connectivity index (χ2v) is 22.4. The van der Waals surface area contributed by atoms with Crippen LogP contribution in [-0.4, -0.2) is 84.4 Å². The third kappa shape index (κ3) is 17.2. The molecule has 0 aromatic heterocycles. The highest BCUT2D eigenvalue weighted by atomic mass is 35.5. The van der Waals surface area contributed by atoms with Gasteiger partial charge >= 0.3 is 0 Å². The quantitative estimate of drug-likeness (QED) is 0.0753. The number of carbonyl (C=O) groups excluding carboxylic acids is 3. The van der Waals surface area contributed by atoms with Gasteiger partial charge in [-0.15, -0.1) is 6.58 Å². The third-order valence-corrected chi connectivity index (χ3v) is 16.1. The van der Waals surface area contributed by atoms with Crippen LogP contribution in [-0.2, 0) is 6.54 Å². The van der Waals surface area contributed by atoms with E-state index >= 15 is 0 Å². The second kappa shape index (κ2) is 30.5. The van der Waals surface area contributed by atoms with Gasteiger partial charge in [-0.2, -0.15) is 0 Å². The predicted molar refractivity (Wildman–Crippen MR) is 344 cm³/mol. The van der Waals surface area contributed by atoms with Gasteiger partial charge in [0.1, 0.15) is 0 Å². The lowest BCUT2D eigenvalue weighted by Gasteiger charge is -2.30. The number of hydrogen-bond donors (Lipinski definition) is 0. The summed E-state index contributed by atoms with van der Waals surface area (Å²) in [5.74, 6) is 0.317. The van der Waals surface area contributed by atoms with Crippen molar-refractivity contribution in [2.75, 3.05) is 52.4 Å². The summed E-state index contributed by atoms with van der Waals surface area (Å²) in [7, 11) is 0. The zero-order valence-electron chi connectivity index (χ0n) is 48.8. The number of hydrogen-bond acceptors (Lipinski definition) is 6. The van der Waals surface area contributed by atoms with Gasteiger partial charge in [-0.05, 0) is 141 Å². The molecule has 0 bridgehead atoms. The van der Waals surface area contributed by atoms with Crippen LogP contribution in [0.5, 0.6) is 0 Å². The molecule has 3 aliphatic rings. The number of Topliss-reactive ketones (excluding diaryl/α,β-unsaturated/α-hetero) is 3. The molecular formula is C75H80ClN3O3. The van der Waals surface area contributed by atoms with Gasteiger partial charge in [0.05, 0.1) is 0 Å². The number of allylic oxidation sites excluding steroid dienone is 1. The average molecular weight is 1110 g/mol. The molecule has 3 fully saturated rings. The van der Waals surface area contributed by atoms with Crippen LogP contribution in [0.25, 0.3) is 16.7 Å². The zero-order valence-corrected chi connectivity index (χ0v) is 49.6. The van der Waals surface area contributed by atoms with Crippen LogP contribution in [0.4, 0.5) is 0 Å². The summed E-state index contributed by atoms with van der Waals surface area (Å²) in [6, 6.07) is 64.1. The molecule has 82 heavy (non-hydrogen) atoms. The summed E-state index contributed by atoms with van der Waals surface area (Å²) in [4.78, 5) is 42.4. The summed E-state index contributed by atoms with van der Waals surface area (Å²) in [6.07, 6.45) is 10.7. The van der Waals surface area contributed by atoms with Gasteiger partial charge in [0.2, 0.25) is 0 Å². The van der Waals surface area contributed by atoms with Crippen LogP contribution in [0.2, 0.25) is 5.02 Å². The summed E-state index contributed by atoms with van der Waals surface area (Å²) in [6.45, 7) is 22.4. The first-order valence-electron chi connectivity index (χ1n) is 29.2. The van der Waals surface area contributed by atoms with Gasteiger partial charge in [0.25, 0.3) is 0 Å². The van der Waals surface area contributed by atoms with E-state index in [2.05, 4.69) is 181 Å². The number of rotatable bonds is 15. The molecule has 0 spiro atoms. The first kappa shape index (κ1) is 60.5.